The number of nitrogens with zero attached hydrogens (tertiary/aromatic N) is 1. The molecule has 2 bridgehead atoms. The Morgan fingerprint density at radius 3 is 2.18 bits per heavy atom. The number of imide groups is 1. The van der Waals surface area contributed by atoms with E-state index in [0.29, 0.717) is 11.4 Å². The van der Waals surface area contributed by atoms with E-state index in [1.54, 1.807) is 24.3 Å². The standard InChI is InChI=1S/C27H21BrN2O4/c1-34-20-13-7-6-12-19(20)29-21(31)14-30-25(32)23-22-15-8-2-4-10-17(15)27(28,24(23)26(30)33)18-11-5-3-9-16(18)22/h2-13,22-24H,14H2,1H3,(H,29,31)/t22?,23-,24+,27?/m0/s1. The monoisotopic (exact) mass is 516 g/mol. The van der Waals surface area contributed by atoms with Gasteiger partial charge in [0.25, 0.3) is 0 Å². The van der Waals surface area contributed by atoms with Crippen molar-refractivity contribution >= 4 is 39.3 Å². The molecule has 0 unspecified atom stereocenters. The highest BCUT2D eigenvalue weighted by atomic mass is 79.9. The Labute approximate surface area is 205 Å². The van der Waals surface area contributed by atoms with Gasteiger partial charge in [0.1, 0.15) is 12.3 Å². The number of hydrogen-bond donors (Lipinski definition) is 1. The SMILES string of the molecule is COc1ccccc1NC(=O)CN1C(=O)[C@H]2C3c4ccccc4C(Br)(c4ccccc43)[C@H]2C1=O. The summed E-state index contributed by atoms with van der Waals surface area (Å²) in [7, 11) is 1.52. The highest BCUT2D eigenvalue weighted by Gasteiger charge is 2.67. The molecule has 7 rings (SSSR count). The molecule has 4 aliphatic rings. The van der Waals surface area contributed by atoms with Gasteiger partial charge in [0.15, 0.2) is 0 Å². The molecule has 1 N–H and O–H groups in total. The molecule has 0 spiro atoms. The number of anilines is 1. The lowest BCUT2D eigenvalue weighted by Crippen LogP contribution is -2.50. The van der Waals surface area contributed by atoms with Gasteiger partial charge in [0.2, 0.25) is 17.7 Å². The van der Waals surface area contributed by atoms with Crippen molar-refractivity contribution in [1.29, 1.82) is 0 Å². The minimum Gasteiger partial charge on any atom is -0.495 e. The van der Waals surface area contributed by atoms with Crippen LogP contribution < -0.4 is 10.1 Å². The summed E-state index contributed by atoms with van der Waals surface area (Å²) in [6.07, 6.45) is 0. The molecule has 3 aliphatic carbocycles. The number of likely N-dealkylation sites (tertiary alicyclic amines) is 1. The van der Waals surface area contributed by atoms with Gasteiger partial charge in [0.05, 0.1) is 29.0 Å². The fraction of sp³-hybridized carbons (Fsp3) is 0.222. The highest BCUT2D eigenvalue weighted by Crippen LogP contribution is 2.66. The van der Waals surface area contributed by atoms with Crippen molar-refractivity contribution in [3.05, 3.63) is 95.1 Å². The van der Waals surface area contributed by atoms with Gasteiger partial charge in [-0.1, -0.05) is 76.6 Å². The summed E-state index contributed by atoms with van der Waals surface area (Å²) in [5.41, 5.74) is 4.63. The van der Waals surface area contributed by atoms with Crippen LogP contribution in [0, 0.1) is 11.8 Å². The molecule has 34 heavy (non-hydrogen) atoms. The van der Waals surface area contributed by atoms with Crippen LogP contribution in [0.1, 0.15) is 28.2 Å². The fourth-order valence-electron chi connectivity index (χ4n) is 5.98. The molecule has 7 heteroatoms. The number of benzene rings is 3. The molecule has 1 aliphatic heterocycles. The molecule has 6 nitrogen and oxygen atoms in total. The number of methoxy groups -OCH3 is 1. The maximum Gasteiger partial charge on any atom is 0.244 e. The first-order chi connectivity index (χ1) is 16.5. The molecule has 3 aromatic carbocycles. The molecule has 2 atom stereocenters. The van der Waals surface area contributed by atoms with E-state index in [4.69, 9.17) is 4.74 Å². The van der Waals surface area contributed by atoms with Crippen LogP contribution >= 0.6 is 15.9 Å². The fourth-order valence-corrected chi connectivity index (χ4v) is 7.18. The second kappa shape index (κ2) is 7.53. The normalized spacial score (nSPS) is 26.1. The van der Waals surface area contributed by atoms with Crippen LogP contribution in [-0.4, -0.2) is 36.3 Å². The Kier molecular flexibility index (Phi) is 4.68. The number of carbonyl (C=O) groups is 3. The maximum atomic E-state index is 13.7. The third kappa shape index (κ3) is 2.70. The Balaban J connectivity index is 1.38. The lowest BCUT2D eigenvalue weighted by molar-refractivity contribution is -0.142. The minimum absolute atomic E-state index is 0.226. The van der Waals surface area contributed by atoms with Crippen LogP contribution in [0.2, 0.25) is 0 Å². The number of para-hydroxylation sites is 2. The minimum atomic E-state index is -0.819. The van der Waals surface area contributed by atoms with Gasteiger partial charge in [-0.25, -0.2) is 0 Å². The zero-order chi connectivity index (χ0) is 23.6. The number of ether oxygens (including phenoxy) is 1. The first-order valence-corrected chi connectivity index (χ1v) is 11.9. The Morgan fingerprint density at radius 1 is 0.941 bits per heavy atom. The number of carbonyl (C=O) groups excluding carboxylic acids is 3. The molecule has 0 saturated carbocycles. The van der Waals surface area contributed by atoms with E-state index in [1.807, 2.05) is 48.5 Å². The predicted molar refractivity (Wildman–Crippen MR) is 130 cm³/mol. The van der Waals surface area contributed by atoms with Gasteiger partial charge < -0.3 is 10.1 Å². The molecule has 170 valence electrons. The molecule has 1 heterocycles. The van der Waals surface area contributed by atoms with Gasteiger partial charge in [-0.3, -0.25) is 19.3 Å². The topological polar surface area (TPSA) is 75.7 Å². The summed E-state index contributed by atoms with van der Waals surface area (Å²) >= 11 is 3.95. The second-order valence-corrected chi connectivity index (χ2v) is 10.1. The number of rotatable bonds is 4. The summed E-state index contributed by atoms with van der Waals surface area (Å²) in [6, 6.07) is 23.0. The second-order valence-electron chi connectivity index (χ2n) is 8.88. The average Bonchev–Trinajstić information content (AvgIpc) is 3.11. The lowest BCUT2D eigenvalue weighted by atomic mass is 9.55. The van der Waals surface area contributed by atoms with Crippen molar-refractivity contribution in [1.82, 2.24) is 4.90 Å². The van der Waals surface area contributed by atoms with Crippen LogP contribution in [0.25, 0.3) is 0 Å². The highest BCUT2D eigenvalue weighted by molar-refractivity contribution is 9.09. The van der Waals surface area contributed by atoms with Crippen LogP contribution in [-0.2, 0) is 18.7 Å². The summed E-state index contributed by atoms with van der Waals surface area (Å²) in [5.74, 6) is -1.97. The van der Waals surface area contributed by atoms with Crippen LogP contribution in [0.5, 0.6) is 5.75 Å². The molecule has 0 aromatic heterocycles. The molecule has 3 aromatic rings. The van der Waals surface area contributed by atoms with Crippen molar-refractivity contribution in [3.63, 3.8) is 0 Å². The van der Waals surface area contributed by atoms with E-state index in [-0.39, 0.29) is 24.3 Å². The first kappa shape index (κ1) is 21.1. The third-order valence-corrected chi connectivity index (χ3v) is 8.64. The smallest absolute Gasteiger partial charge is 0.244 e. The van der Waals surface area contributed by atoms with E-state index in [9.17, 15) is 14.4 Å². The van der Waals surface area contributed by atoms with Crippen molar-refractivity contribution in [2.24, 2.45) is 11.8 Å². The van der Waals surface area contributed by atoms with Crippen molar-refractivity contribution < 1.29 is 19.1 Å². The summed E-state index contributed by atoms with van der Waals surface area (Å²) in [4.78, 5) is 41.5. The third-order valence-electron chi connectivity index (χ3n) is 7.29. The molecule has 0 radical (unpaired) electrons. The van der Waals surface area contributed by atoms with Crippen molar-refractivity contribution in [2.75, 3.05) is 19.0 Å². The predicted octanol–water partition coefficient (Wildman–Crippen LogP) is 4.03. The number of amides is 3. The number of alkyl halides is 1. The van der Waals surface area contributed by atoms with E-state index in [2.05, 4.69) is 21.2 Å². The van der Waals surface area contributed by atoms with Crippen LogP contribution in [0.4, 0.5) is 5.69 Å². The molecule has 3 amide bonds. The summed E-state index contributed by atoms with van der Waals surface area (Å²) < 4.78 is 4.47. The quantitative estimate of drug-likeness (QED) is 0.419. The van der Waals surface area contributed by atoms with Crippen LogP contribution in [0.15, 0.2) is 72.8 Å². The number of hydrogen-bond acceptors (Lipinski definition) is 4. The van der Waals surface area contributed by atoms with Crippen molar-refractivity contribution in [2.45, 2.75) is 10.2 Å². The van der Waals surface area contributed by atoms with Gasteiger partial charge in [-0.2, -0.15) is 0 Å². The first-order valence-electron chi connectivity index (χ1n) is 11.1. The van der Waals surface area contributed by atoms with Gasteiger partial charge in [-0.15, -0.1) is 0 Å². The van der Waals surface area contributed by atoms with Crippen LogP contribution in [0.3, 0.4) is 0 Å². The van der Waals surface area contributed by atoms with Crippen molar-refractivity contribution in [3.8, 4) is 5.75 Å². The zero-order valence-electron chi connectivity index (χ0n) is 18.3. The summed E-state index contributed by atoms with van der Waals surface area (Å²) in [6.45, 7) is -0.342. The molecule has 1 saturated heterocycles. The number of halogens is 1. The largest absolute Gasteiger partial charge is 0.495 e. The zero-order valence-corrected chi connectivity index (χ0v) is 19.9. The maximum absolute atomic E-state index is 13.7. The van der Waals surface area contributed by atoms with E-state index < -0.39 is 22.1 Å². The van der Waals surface area contributed by atoms with Gasteiger partial charge >= 0.3 is 0 Å². The lowest BCUT2D eigenvalue weighted by Gasteiger charge is -2.51. The van der Waals surface area contributed by atoms with E-state index in [1.165, 1.54) is 7.11 Å². The van der Waals surface area contributed by atoms with Gasteiger partial charge in [0, 0.05) is 5.92 Å². The molecular formula is C27H21BrN2O4. The molecule has 1 fully saturated rings. The molecular weight excluding hydrogens is 496 g/mol. The Bertz CT molecular complexity index is 1320. The van der Waals surface area contributed by atoms with E-state index in [0.717, 1.165) is 27.2 Å². The average molecular weight is 517 g/mol. The van der Waals surface area contributed by atoms with Gasteiger partial charge in [-0.05, 0) is 34.4 Å². The number of nitrogens with one attached hydrogen (secondary N) is 1. The Morgan fingerprint density at radius 2 is 1.53 bits per heavy atom. The summed E-state index contributed by atoms with van der Waals surface area (Å²) in [5, 5.41) is 2.77. The Hall–Kier alpha value is -3.45. The van der Waals surface area contributed by atoms with E-state index >= 15 is 0 Å².